The number of benzene rings is 1. The van der Waals surface area contributed by atoms with Crippen molar-refractivity contribution < 1.29 is 9.59 Å². The Kier molecular flexibility index (Phi) is 6.31. The van der Waals surface area contributed by atoms with E-state index >= 15 is 0 Å². The van der Waals surface area contributed by atoms with E-state index in [1.807, 2.05) is 37.4 Å². The Morgan fingerprint density at radius 1 is 1.12 bits per heavy atom. The van der Waals surface area contributed by atoms with Gasteiger partial charge in [0.05, 0.1) is 5.54 Å². The molecule has 0 radical (unpaired) electrons. The highest BCUT2D eigenvalue weighted by Gasteiger charge is 2.31. The number of rotatable bonds is 6. The quantitative estimate of drug-likeness (QED) is 0.774. The minimum absolute atomic E-state index is 0.640. The highest BCUT2D eigenvalue weighted by molar-refractivity contribution is 7.09. The molecule has 25 heavy (non-hydrogen) atoms. The lowest BCUT2D eigenvalue weighted by Crippen LogP contribution is -2.47. The molecule has 134 valence electrons. The number of nitrogens with one attached hydrogen (secondary N) is 2. The van der Waals surface area contributed by atoms with Crippen LogP contribution in [0.25, 0.3) is 0 Å². The second kappa shape index (κ2) is 8.25. The fraction of sp³-hybridized carbons (Fsp3) is 0.421. The molecule has 5 nitrogen and oxygen atoms in total. The Hall–Kier alpha value is -2.21. The van der Waals surface area contributed by atoms with E-state index in [1.165, 1.54) is 22.5 Å². The van der Waals surface area contributed by atoms with Gasteiger partial charge in [-0.25, -0.2) is 4.98 Å². The van der Waals surface area contributed by atoms with Crippen LogP contribution in [0.3, 0.4) is 0 Å². The summed E-state index contributed by atoms with van der Waals surface area (Å²) in [5, 5.41) is 8.15. The molecule has 0 saturated carbocycles. The molecule has 2 aromatic rings. The van der Waals surface area contributed by atoms with Crippen LogP contribution in [0.2, 0.25) is 0 Å². The lowest BCUT2D eigenvalue weighted by atomic mass is 10.00. The summed E-state index contributed by atoms with van der Waals surface area (Å²) in [5.41, 5.74) is 2.43. The third kappa shape index (κ3) is 4.45. The molecule has 1 aromatic carbocycles. The molecule has 0 saturated heterocycles. The molecule has 1 aromatic heterocycles. The molecule has 0 bridgehead atoms. The summed E-state index contributed by atoms with van der Waals surface area (Å²) in [6.07, 6.45) is 4.17. The van der Waals surface area contributed by atoms with E-state index in [4.69, 9.17) is 0 Å². The first-order valence-electron chi connectivity index (χ1n) is 8.58. The van der Waals surface area contributed by atoms with Gasteiger partial charge >= 0.3 is 11.8 Å². The largest absolute Gasteiger partial charge is 0.336 e. The molecule has 0 fully saturated rings. The van der Waals surface area contributed by atoms with Crippen LogP contribution >= 0.6 is 11.3 Å². The average Bonchev–Trinajstić information content (AvgIpc) is 3.16. The van der Waals surface area contributed by atoms with Gasteiger partial charge < -0.3 is 10.6 Å². The van der Waals surface area contributed by atoms with E-state index < -0.39 is 17.4 Å². The van der Waals surface area contributed by atoms with Gasteiger partial charge in [-0.05, 0) is 49.4 Å². The van der Waals surface area contributed by atoms with Gasteiger partial charge in [-0.2, -0.15) is 0 Å². The number of aromatic nitrogens is 1. The number of thiazole rings is 1. The number of nitrogens with zero attached hydrogens (tertiary/aromatic N) is 1. The van der Waals surface area contributed by atoms with Gasteiger partial charge in [0, 0.05) is 17.3 Å². The summed E-state index contributed by atoms with van der Waals surface area (Å²) >= 11 is 1.46. The molecule has 1 heterocycles. The van der Waals surface area contributed by atoms with E-state index in [1.54, 1.807) is 6.20 Å². The molecule has 0 aliphatic heterocycles. The van der Waals surface area contributed by atoms with Gasteiger partial charge in [-0.15, -0.1) is 11.3 Å². The van der Waals surface area contributed by atoms with Crippen LogP contribution in [0.1, 0.15) is 50.3 Å². The predicted octanol–water partition coefficient (Wildman–Crippen LogP) is 3.65. The van der Waals surface area contributed by atoms with Gasteiger partial charge in [-0.1, -0.05) is 26.8 Å². The molecule has 2 N–H and O–H groups in total. The Balaban J connectivity index is 2.09. The Morgan fingerprint density at radius 2 is 1.84 bits per heavy atom. The lowest BCUT2D eigenvalue weighted by Gasteiger charge is -2.27. The summed E-state index contributed by atoms with van der Waals surface area (Å²) in [6.45, 7) is 8.01. The zero-order chi connectivity index (χ0) is 18.4. The SMILES string of the molecule is CCc1ccc(NC(=O)C(=O)N[C@@](C)(CC)c2nccs2)cc1CC. The smallest absolute Gasteiger partial charge is 0.313 e. The number of aryl methyl sites for hydroxylation is 2. The number of hydrogen-bond donors (Lipinski definition) is 2. The first kappa shape index (κ1) is 19.1. The maximum Gasteiger partial charge on any atom is 0.313 e. The van der Waals surface area contributed by atoms with Crippen LogP contribution in [-0.2, 0) is 28.0 Å². The van der Waals surface area contributed by atoms with Gasteiger partial charge in [0.25, 0.3) is 0 Å². The third-order valence-electron chi connectivity index (χ3n) is 4.43. The van der Waals surface area contributed by atoms with Crippen molar-refractivity contribution in [3.8, 4) is 0 Å². The Labute approximate surface area is 152 Å². The number of anilines is 1. The van der Waals surface area contributed by atoms with Crippen LogP contribution in [-0.4, -0.2) is 16.8 Å². The fourth-order valence-electron chi connectivity index (χ4n) is 2.66. The standard InChI is InChI=1S/C19H25N3O2S/c1-5-13-8-9-15(12-14(13)6-2)21-16(23)17(24)22-19(4,7-3)18-20-10-11-25-18/h8-12H,5-7H2,1-4H3,(H,21,23)(H,22,24)/t19-/m0/s1. The van der Waals surface area contributed by atoms with Crippen LogP contribution in [0.4, 0.5) is 5.69 Å². The predicted molar refractivity (Wildman–Crippen MR) is 102 cm³/mol. The number of hydrogen-bond acceptors (Lipinski definition) is 4. The highest BCUT2D eigenvalue weighted by Crippen LogP contribution is 2.26. The molecular formula is C19H25N3O2S. The second-order valence-corrected chi connectivity index (χ2v) is 7.02. The van der Waals surface area contributed by atoms with E-state index in [0.717, 1.165) is 17.8 Å². The molecule has 0 unspecified atom stereocenters. The van der Waals surface area contributed by atoms with Gasteiger partial charge in [0.2, 0.25) is 0 Å². The molecule has 2 amide bonds. The topological polar surface area (TPSA) is 71.1 Å². The highest BCUT2D eigenvalue weighted by atomic mass is 32.1. The van der Waals surface area contributed by atoms with Crippen molar-refractivity contribution in [1.29, 1.82) is 0 Å². The zero-order valence-corrected chi connectivity index (χ0v) is 16.0. The van der Waals surface area contributed by atoms with Gasteiger partial charge in [0.15, 0.2) is 0 Å². The molecule has 0 aliphatic carbocycles. The van der Waals surface area contributed by atoms with Crippen molar-refractivity contribution in [2.24, 2.45) is 0 Å². The van der Waals surface area contributed by atoms with Gasteiger partial charge in [0.1, 0.15) is 5.01 Å². The first-order valence-corrected chi connectivity index (χ1v) is 9.46. The molecular weight excluding hydrogens is 334 g/mol. The van der Waals surface area contributed by atoms with E-state index in [2.05, 4.69) is 29.5 Å². The van der Waals surface area contributed by atoms with Crippen molar-refractivity contribution in [2.75, 3.05) is 5.32 Å². The minimum atomic E-state index is -0.664. The number of amides is 2. The number of carbonyl (C=O) groups excluding carboxylic acids is 2. The van der Waals surface area contributed by atoms with Crippen molar-refractivity contribution in [3.05, 3.63) is 45.9 Å². The second-order valence-electron chi connectivity index (χ2n) is 6.12. The molecule has 0 aliphatic rings. The molecule has 0 spiro atoms. The van der Waals surface area contributed by atoms with E-state index in [-0.39, 0.29) is 0 Å². The summed E-state index contributed by atoms with van der Waals surface area (Å²) in [5.74, 6) is -1.32. The van der Waals surface area contributed by atoms with Crippen molar-refractivity contribution in [2.45, 2.75) is 52.5 Å². The Bertz CT molecular complexity index is 743. The average molecular weight is 359 g/mol. The van der Waals surface area contributed by atoms with Crippen LogP contribution in [0.5, 0.6) is 0 Å². The first-order chi connectivity index (χ1) is 11.9. The summed E-state index contributed by atoms with van der Waals surface area (Å²) in [7, 11) is 0. The monoisotopic (exact) mass is 359 g/mol. The van der Waals surface area contributed by atoms with E-state index in [9.17, 15) is 9.59 Å². The zero-order valence-electron chi connectivity index (χ0n) is 15.2. The maximum absolute atomic E-state index is 12.3. The Morgan fingerprint density at radius 3 is 2.40 bits per heavy atom. The van der Waals surface area contributed by atoms with Crippen LogP contribution in [0, 0.1) is 0 Å². The van der Waals surface area contributed by atoms with Crippen molar-refractivity contribution >= 4 is 28.8 Å². The third-order valence-corrected chi connectivity index (χ3v) is 5.47. The van der Waals surface area contributed by atoms with Crippen LogP contribution < -0.4 is 10.6 Å². The van der Waals surface area contributed by atoms with Crippen LogP contribution in [0.15, 0.2) is 29.8 Å². The van der Waals surface area contributed by atoms with E-state index in [0.29, 0.717) is 12.1 Å². The van der Waals surface area contributed by atoms with Crippen molar-refractivity contribution in [3.63, 3.8) is 0 Å². The molecule has 2 rings (SSSR count). The van der Waals surface area contributed by atoms with Gasteiger partial charge in [-0.3, -0.25) is 9.59 Å². The molecule has 6 heteroatoms. The normalized spacial score (nSPS) is 13.1. The minimum Gasteiger partial charge on any atom is -0.336 e. The molecule has 1 atom stereocenters. The number of carbonyl (C=O) groups is 2. The summed E-state index contributed by atoms with van der Waals surface area (Å²) in [6, 6.07) is 5.77. The summed E-state index contributed by atoms with van der Waals surface area (Å²) in [4.78, 5) is 28.9. The maximum atomic E-state index is 12.3. The lowest BCUT2D eigenvalue weighted by molar-refractivity contribution is -0.137. The summed E-state index contributed by atoms with van der Waals surface area (Å²) < 4.78 is 0. The fourth-order valence-corrected chi connectivity index (χ4v) is 3.49. The van der Waals surface area contributed by atoms with Crippen molar-refractivity contribution in [1.82, 2.24) is 10.3 Å².